The average Bonchev–Trinajstić information content (AvgIpc) is 2.19. The average molecular weight is 195 g/mol. The summed E-state index contributed by atoms with van der Waals surface area (Å²) in [4.78, 5) is 24.6. The summed E-state index contributed by atoms with van der Waals surface area (Å²) in [5.74, 6) is 0.176. The largest absolute Gasteiger partial charge is 0.339 e. The summed E-state index contributed by atoms with van der Waals surface area (Å²) in [6, 6.07) is 0.435. The van der Waals surface area contributed by atoms with Crippen molar-refractivity contribution in [2.75, 3.05) is 6.54 Å². The minimum absolute atomic E-state index is 0.0631. The van der Waals surface area contributed by atoms with Crippen molar-refractivity contribution in [2.24, 2.45) is 0 Å². The van der Waals surface area contributed by atoms with Crippen LogP contribution in [-0.2, 0) is 9.59 Å². The van der Waals surface area contributed by atoms with Crippen LogP contribution in [0.25, 0.3) is 0 Å². The Morgan fingerprint density at radius 3 is 2.43 bits per heavy atom. The number of carbonyl (C=O) groups excluding carboxylic acids is 2. The minimum atomic E-state index is 0.0631. The predicted octanol–water partition coefficient (Wildman–Crippen LogP) is 1.51. The fourth-order valence-electron chi connectivity index (χ4n) is 2.51. The van der Waals surface area contributed by atoms with Gasteiger partial charge in [0.25, 0.3) is 0 Å². The highest BCUT2D eigenvalue weighted by molar-refractivity contribution is 6.00. The number of piperidine rings is 1. The van der Waals surface area contributed by atoms with Gasteiger partial charge in [-0.15, -0.1) is 0 Å². The maximum absolute atomic E-state index is 11.6. The predicted molar refractivity (Wildman–Crippen MR) is 52.8 cm³/mol. The maximum Gasteiger partial charge on any atom is 0.230 e. The van der Waals surface area contributed by atoms with Crippen LogP contribution in [0.15, 0.2) is 0 Å². The molecule has 14 heavy (non-hydrogen) atoms. The van der Waals surface area contributed by atoms with Gasteiger partial charge in [-0.05, 0) is 12.8 Å². The standard InChI is InChI=1S/C11H17NO2/c13-10-6-7-12(11(14)8-10)9-4-2-1-3-5-9/h9H,1-8H2. The third-order valence-electron chi connectivity index (χ3n) is 3.32. The summed E-state index contributed by atoms with van der Waals surface area (Å²) in [5, 5.41) is 0. The lowest BCUT2D eigenvalue weighted by atomic mass is 9.92. The Kier molecular flexibility index (Phi) is 2.85. The topological polar surface area (TPSA) is 37.4 Å². The fourth-order valence-corrected chi connectivity index (χ4v) is 2.51. The third kappa shape index (κ3) is 1.97. The van der Waals surface area contributed by atoms with Gasteiger partial charge in [0.15, 0.2) is 0 Å². The number of amides is 1. The number of Topliss-reactive ketones (excluding diaryl/α,β-unsaturated/α-hetero) is 1. The molecule has 0 aromatic carbocycles. The molecule has 1 aliphatic heterocycles. The second-order valence-electron chi connectivity index (χ2n) is 4.34. The number of ketones is 1. The molecular weight excluding hydrogens is 178 g/mol. The molecule has 78 valence electrons. The van der Waals surface area contributed by atoms with Gasteiger partial charge in [0, 0.05) is 19.0 Å². The van der Waals surface area contributed by atoms with Gasteiger partial charge in [-0.1, -0.05) is 19.3 Å². The van der Waals surface area contributed by atoms with Gasteiger partial charge in [0.2, 0.25) is 5.91 Å². The van der Waals surface area contributed by atoms with Crippen LogP contribution in [0.3, 0.4) is 0 Å². The van der Waals surface area contributed by atoms with Crippen molar-refractivity contribution in [3.63, 3.8) is 0 Å². The van der Waals surface area contributed by atoms with Crippen molar-refractivity contribution in [1.29, 1.82) is 0 Å². The molecule has 2 fully saturated rings. The molecule has 1 aliphatic carbocycles. The van der Waals surface area contributed by atoms with E-state index in [2.05, 4.69) is 0 Å². The van der Waals surface area contributed by atoms with E-state index < -0.39 is 0 Å². The minimum Gasteiger partial charge on any atom is -0.339 e. The molecule has 2 aliphatic rings. The first kappa shape index (κ1) is 9.69. The lowest BCUT2D eigenvalue weighted by Gasteiger charge is -2.36. The van der Waals surface area contributed by atoms with Crippen LogP contribution in [0.1, 0.15) is 44.9 Å². The van der Waals surface area contributed by atoms with Gasteiger partial charge >= 0.3 is 0 Å². The second kappa shape index (κ2) is 4.11. The highest BCUT2D eigenvalue weighted by Crippen LogP contribution is 2.24. The van der Waals surface area contributed by atoms with Gasteiger partial charge in [-0.25, -0.2) is 0 Å². The summed E-state index contributed by atoms with van der Waals surface area (Å²) >= 11 is 0. The molecule has 1 saturated heterocycles. The van der Waals surface area contributed by atoms with E-state index in [-0.39, 0.29) is 18.1 Å². The van der Waals surface area contributed by atoms with Crippen LogP contribution in [0, 0.1) is 0 Å². The first-order chi connectivity index (χ1) is 6.77. The van der Waals surface area contributed by atoms with E-state index >= 15 is 0 Å². The van der Waals surface area contributed by atoms with Crippen molar-refractivity contribution in [1.82, 2.24) is 4.90 Å². The maximum atomic E-state index is 11.6. The molecule has 0 aromatic rings. The number of nitrogens with zero attached hydrogens (tertiary/aromatic N) is 1. The molecule has 0 aromatic heterocycles. The zero-order valence-corrected chi connectivity index (χ0v) is 8.50. The normalized spacial score (nSPS) is 25.6. The smallest absolute Gasteiger partial charge is 0.230 e. The van der Waals surface area contributed by atoms with Gasteiger partial charge in [-0.3, -0.25) is 9.59 Å². The summed E-state index contributed by atoms with van der Waals surface area (Å²) in [6.45, 7) is 0.669. The molecule has 0 unspecified atom stereocenters. The molecule has 1 saturated carbocycles. The van der Waals surface area contributed by atoms with Crippen LogP contribution in [0.2, 0.25) is 0 Å². The van der Waals surface area contributed by atoms with E-state index in [0.29, 0.717) is 19.0 Å². The van der Waals surface area contributed by atoms with Gasteiger partial charge in [0.05, 0.1) is 6.42 Å². The fraction of sp³-hybridized carbons (Fsp3) is 0.818. The monoisotopic (exact) mass is 195 g/mol. The van der Waals surface area contributed by atoms with Crippen LogP contribution in [0.4, 0.5) is 0 Å². The van der Waals surface area contributed by atoms with E-state index in [1.807, 2.05) is 4.90 Å². The van der Waals surface area contributed by atoms with Crippen molar-refractivity contribution in [2.45, 2.75) is 51.0 Å². The molecule has 0 atom stereocenters. The van der Waals surface area contributed by atoms with E-state index in [1.165, 1.54) is 19.3 Å². The molecule has 0 bridgehead atoms. The van der Waals surface area contributed by atoms with Gasteiger partial charge in [0.1, 0.15) is 5.78 Å². The van der Waals surface area contributed by atoms with Crippen LogP contribution in [-0.4, -0.2) is 29.2 Å². The molecular formula is C11H17NO2. The number of hydrogen-bond acceptors (Lipinski definition) is 2. The quantitative estimate of drug-likeness (QED) is 0.595. The summed E-state index contributed by atoms with van der Waals surface area (Å²) in [6.07, 6.45) is 6.78. The van der Waals surface area contributed by atoms with E-state index in [1.54, 1.807) is 0 Å². The molecule has 0 N–H and O–H groups in total. The zero-order chi connectivity index (χ0) is 9.97. The van der Waals surface area contributed by atoms with E-state index in [9.17, 15) is 9.59 Å². The van der Waals surface area contributed by atoms with Crippen molar-refractivity contribution < 1.29 is 9.59 Å². The lowest BCUT2D eigenvalue weighted by Crippen LogP contribution is -2.46. The molecule has 3 nitrogen and oxygen atoms in total. The van der Waals surface area contributed by atoms with Crippen molar-refractivity contribution in [3.05, 3.63) is 0 Å². The van der Waals surface area contributed by atoms with Crippen LogP contribution in [0.5, 0.6) is 0 Å². The first-order valence-electron chi connectivity index (χ1n) is 5.58. The van der Waals surface area contributed by atoms with Crippen LogP contribution < -0.4 is 0 Å². The first-order valence-corrected chi connectivity index (χ1v) is 5.58. The molecule has 1 heterocycles. The third-order valence-corrected chi connectivity index (χ3v) is 3.32. The molecule has 3 heteroatoms. The molecule has 1 amide bonds. The highest BCUT2D eigenvalue weighted by atomic mass is 16.2. The summed E-state index contributed by atoms with van der Waals surface area (Å²) < 4.78 is 0. The Bertz CT molecular complexity index is 244. The van der Waals surface area contributed by atoms with Gasteiger partial charge < -0.3 is 4.90 Å². The number of rotatable bonds is 1. The number of likely N-dealkylation sites (tertiary alicyclic amines) is 1. The number of carbonyl (C=O) groups is 2. The molecule has 0 radical (unpaired) electrons. The Morgan fingerprint density at radius 2 is 1.79 bits per heavy atom. The highest BCUT2D eigenvalue weighted by Gasteiger charge is 2.30. The Morgan fingerprint density at radius 1 is 1.07 bits per heavy atom. The summed E-state index contributed by atoms with van der Waals surface area (Å²) in [5.41, 5.74) is 0. The van der Waals surface area contributed by atoms with Gasteiger partial charge in [-0.2, -0.15) is 0 Å². The summed E-state index contributed by atoms with van der Waals surface area (Å²) in [7, 11) is 0. The van der Waals surface area contributed by atoms with Crippen molar-refractivity contribution >= 4 is 11.7 Å². The lowest BCUT2D eigenvalue weighted by molar-refractivity contribution is -0.142. The number of hydrogen-bond donors (Lipinski definition) is 0. The van der Waals surface area contributed by atoms with E-state index in [0.717, 1.165) is 12.8 Å². The Labute approximate surface area is 84.5 Å². The van der Waals surface area contributed by atoms with Crippen molar-refractivity contribution in [3.8, 4) is 0 Å². The zero-order valence-electron chi connectivity index (χ0n) is 8.50. The second-order valence-corrected chi connectivity index (χ2v) is 4.34. The van der Waals surface area contributed by atoms with Crippen LogP contribution >= 0.6 is 0 Å². The molecule has 2 rings (SSSR count). The Hall–Kier alpha value is -0.860. The SMILES string of the molecule is O=C1CCN(C2CCCCC2)C(=O)C1. The Balaban J connectivity index is 1.95. The van der Waals surface area contributed by atoms with E-state index in [4.69, 9.17) is 0 Å². The molecule has 0 spiro atoms.